The molecule has 3 N–H and O–H groups in total. The third kappa shape index (κ3) is 4.06. The average Bonchev–Trinajstić information content (AvgIpc) is 3.47. The maximum atomic E-state index is 13.0. The molecule has 164 valence electrons. The standard InChI is InChI=1S/C25H20N4O2S2/c1-14-3-5-15(6-4-14)18-13-19(16-7-9-17(31-2)10-8-16)28-24-20(18)21(26)22(33-24)23(30)29-25-27-11-12-32-25/h3-13H,26H2,1-2H3,(H,27,29,30). The zero-order valence-corrected chi connectivity index (χ0v) is 19.6. The fraction of sp³-hybridized carbons (Fsp3) is 0.0800. The van der Waals surface area contributed by atoms with E-state index in [0.717, 1.165) is 33.5 Å². The Kier molecular flexibility index (Phi) is 5.53. The van der Waals surface area contributed by atoms with Gasteiger partial charge in [-0.2, -0.15) is 0 Å². The third-order valence-corrected chi connectivity index (χ3v) is 7.09. The molecule has 0 radical (unpaired) electrons. The number of rotatable bonds is 5. The lowest BCUT2D eigenvalue weighted by Crippen LogP contribution is -2.11. The van der Waals surface area contributed by atoms with Crippen molar-refractivity contribution in [3.8, 4) is 28.1 Å². The Morgan fingerprint density at radius 1 is 1.06 bits per heavy atom. The van der Waals surface area contributed by atoms with Crippen LogP contribution in [0.3, 0.4) is 0 Å². The highest BCUT2D eigenvalue weighted by atomic mass is 32.1. The van der Waals surface area contributed by atoms with Crippen molar-refractivity contribution in [3.63, 3.8) is 0 Å². The van der Waals surface area contributed by atoms with E-state index < -0.39 is 0 Å². The zero-order valence-electron chi connectivity index (χ0n) is 18.0. The van der Waals surface area contributed by atoms with Crippen molar-refractivity contribution in [2.75, 3.05) is 18.2 Å². The molecule has 0 fully saturated rings. The van der Waals surface area contributed by atoms with Gasteiger partial charge >= 0.3 is 0 Å². The van der Waals surface area contributed by atoms with Crippen molar-refractivity contribution >= 4 is 49.6 Å². The summed E-state index contributed by atoms with van der Waals surface area (Å²) in [4.78, 5) is 23.1. The molecule has 0 aliphatic rings. The van der Waals surface area contributed by atoms with Crippen LogP contribution in [0.15, 0.2) is 66.2 Å². The van der Waals surface area contributed by atoms with Gasteiger partial charge in [-0.1, -0.05) is 29.8 Å². The van der Waals surface area contributed by atoms with E-state index in [4.69, 9.17) is 15.5 Å². The second kappa shape index (κ2) is 8.65. The smallest absolute Gasteiger partial charge is 0.269 e. The lowest BCUT2D eigenvalue weighted by atomic mass is 9.98. The molecule has 33 heavy (non-hydrogen) atoms. The first kappa shape index (κ1) is 21.1. The van der Waals surface area contributed by atoms with Crippen LogP contribution in [0, 0.1) is 6.92 Å². The fourth-order valence-corrected chi connectivity index (χ4v) is 5.14. The van der Waals surface area contributed by atoms with Crippen LogP contribution in [0.25, 0.3) is 32.6 Å². The molecule has 2 aromatic carbocycles. The van der Waals surface area contributed by atoms with Crippen molar-refractivity contribution in [1.29, 1.82) is 0 Å². The van der Waals surface area contributed by atoms with Gasteiger partial charge < -0.3 is 10.5 Å². The Bertz CT molecular complexity index is 1440. The zero-order chi connectivity index (χ0) is 22.9. The van der Waals surface area contributed by atoms with Crippen molar-refractivity contribution in [1.82, 2.24) is 9.97 Å². The summed E-state index contributed by atoms with van der Waals surface area (Å²) in [6.45, 7) is 2.05. The van der Waals surface area contributed by atoms with Crippen molar-refractivity contribution in [2.24, 2.45) is 0 Å². The fourth-order valence-electron chi connectivity index (χ4n) is 3.60. The lowest BCUT2D eigenvalue weighted by Gasteiger charge is -2.10. The second-order valence-electron chi connectivity index (χ2n) is 7.47. The minimum atomic E-state index is -0.286. The molecule has 5 aromatic rings. The summed E-state index contributed by atoms with van der Waals surface area (Å²) in [6.07, 6.45) is 1.65. The van der Waals surface area contributed by atoms with E-state index in [0.29, 0.717) is 20.5 Å². The number of nitrogens with two attached hydrogens (primary N) is 1. The molecular weight excluding hydrogens is 452 g/mol. The second-order valence-corrected chi connectivity index (χ2v) is 9.36. The Balaban J connectivity index is 1.68. The van der Waals surface area contributed by atoms with Gasteiger partial charge in [0.15, 0.2) is 5.13 Å². The van der Waals surface area contributed by atoms with Crippen LogP contribution in [0.4, 0.5) is 10.8 Å². The lowest BCUT2D eigenvalue weighted by molar-refractivity contribution is 0.103. The number of nitrogens with one attached hydrogen (secondary N) is 1. The number of thiazole rings is 1. The highest BCUT2D eigenvalue weighted by Gasteiger charge is 2.22. The number of amides is 1. The van der Waals surface area contributed by atoms with Crippen LogP contribution in [-0.2, 0) is 0 Å². The molecule has 1 amide bonds. The SMILES string of the molecule is COc1ccc(-c2cc(-c3ccc(C)cc3)c3c(N)c(C(=O)Nc4nccs4)sc3n2)cc1. The van der Waals surface area contributed by atoms with E-state index in [2.05, 4.69) is 41.5 Å². The van der Waals surface area contributed by atoms with E-state index in [-0.39, 0.29) is 5.91 Å². The molecular formula is C25H20N4O2S2. The summed E-state index contributed by atoms with van der Waals surface area (Å²) in [7, 11) is 1.64. The normalized spacial score (nSPS) is 11.0. The number of benzene rings is 2. The highest BCUT2D eigenvalue weighted by Crippen LogP contribution is 2.41. The monoisotopic (exact) mass is 472 g/mol. The molecule has 0 atom stereocenters. The molecule has 0 aliphatic heterocycles. The van der Waals surface area contributed by atoms with Crippen LogP contribution in [0.1, 0.15) is 15.2 Å². The van der Waals surface area contributed by atoms with E-state index in [9.17, 15) is 4.79 Å². The maximum Gasteiger partial charge on any atom is 0.269 e. The predicted octanol–water partition coefficient (Wildman–Crippen LogP) is 6.24. The first-order valence-corrected chi connectivity index (χ1v) is 11.9. The molecule has 0 bridgehead atoms. The number of aromatic nitrogens is 2. The minimum absolute atomic E-state index is 0.286. The summed E-state index contributed by atoms with van der Waals surface area (Å²) in [6, 6.07) is 18.0. The Morgan fingerprint density at radius 3 is 2.45 bits per heavy atom. The molecule has 8 heteroatoms. The summed E-state index contributed by atoms with van der Waals surface area (Å²) in [5, 5.41) is 5.94. The van der Waals surface area contributed by atoms with Crippen molar-refractivity contribution < 1.29 is 9.53 Å². The van der Waals surface area contributed by atoms with Gasteiger partial charge in [0, 0.05) is 22.5 Å². The number of aryl methyl sites for hydroxylation is 1. The molecule has 0 unspecified atom stereocenters. The Labute approximate surface area is 198 Å². The highest BCUT2D eigenvalue weighted by molar-refractivity contribution is 7.21. The molecule has 3 heterocycles. The van der Waals surface area contributed by atoms with Crippen LogP contribution in [0.5, 0.6) is 5.75 Å². The first-order valence-electron chi connectivity index (χ1n) is 10.2. The van der Waals surface area contributed by atoms with Gasteiger partial charge in [0.05, 0.1) is 18.5 Å². The van der Waals surface area contributed by atoms with Gasteiger partial charge in [-0.05, 0) is 48.4 Å². The van der Waals surface area contributed by atoms with Gasteiger partial charge in [0.1, 0.15) is 15.5 Å². The number of ether oxygens (including phenoxy) is 1. The number of thiophene rings is 1. The molecule has 5 rings (SSSR count). The quantitative estimate of drug-likeness (QED) is 0.316. The summed E-state index contributed by atoms with van der Waals surface area (Å²) < 4.78 is 5.28. The maximum absolute atomic E-state index is 13.0. The van der Waals surface area contributed by atoms with Gasteiger partial charge in [-0.15, -0.1) is 22.7 Å². The molecule has 0 spiro atoms. The summed E-state index contributed by atoms with van der Waals surface area (Å²) in [5.41, 5.74) is 11.8. The number of fused-ring (bicyclic) bond motifs is 1. The van der Waals surface area contributed by atoms with Crippen LogP contribution >= 0.6 is 22.7 Å². The predicted molar refractivity (Wildman–Crippen MR) is 136 cm³/mol. The van der Waals surface area contributed by atoms with Crippen molar-refractivity contribution in [2.45, 2.75) is 6.92 Å². The van der Waals surface area contributed by atoms with E-state index in [1.807, 2.05) is 35.7 Å². The number of hydrogen-bond donors (Lipinski definition) is 2. The van der Waals surface area contributed by atoms with Gasteiger partial charge in [0.2, 0.25) is 0 Å². The van der Waals surface area contributed by atoms with Gasteiger partial charge in [-0.25, -0.2) is 9.97 Å². The molecule has 0 saturated heterocycles. The number of nitrogens with zero attached hydrogens (tertiary/aromatic N) is 2. The molecule has 0 saturated carbocycles. The molecule has 3 aromatic heterocycles. The number of anilines is 2. The third-order valence-electron chi connectivity index (χ3n) is 5.31. The first-order chi connectivity index (χ1) is 16.0. The van der Waals surface area contributed by atoms with Crippen LogP contribution < -0.4 is 15.8 Å². The number of hydrogen-bond acceptors (Lipinski definition) is 7. The number of methoxy groups -OCH3 is 1. The summed E-state index contributed by atoms with van der Waals surface area (Å²) in [5.74, 6) is 0.492. The van der Waals surface area contributed by atoms with E-state index in [1.54, 1.807) is 13.3 Å². The number of carbonyl (C=O) groups is 1. The van der Waals surface area contributed by atoms with E-state index in [1.165, 1.54) is 28.2 Å². The summed E-state index contributed by atoms with van der Waals surface area (Å²) >= 11 is 2.64. The number of pyridine rings is 1. The topological polar surface area (TPSA) is 90.1 Å². The average molecular weight is 473 g/mol. The number of carbonyl (C=O) groups excluding carboxylic acids is 1. The van der Waals surface area contributed by atoms with Crippen molar-refractivity contribution in [3.05, 3.63) is 76.6 Å². The number of nitrogen functional groups attached to an aromatic ring is 1. The van der Waals surface area contributed by atoms with Gasteiger partial charge in [0.25, 0.3) is 5.91 Å². The van der Waals surface area contributed by atoms with E-state index >= 15 is 0 Å². The molecule has 6 nitrogen and oxygen atoms in total. The Morgan fingerprint density at radius 2 is 1.79 bits per heavy atom. The van der Waals surface area contributed by atoms with Crippen LogP contribution in [-0.4, -0.2) is 23.0 Å². The largest absolute Gasteiger partial charge is 0.497 e. The van der Waals surface area contributed by atoms with Crippen LogP contribution in [0.2, 0.25) is 0 Å². The minimum Gasteiger partial charge on any atom is -0.497 e. The van der Waals surface area contributed by atoms with Gasteiger partial charge in [-0.3, -0.25) is 10.1 Å². The molecule has 0 aliphatic carbocycles. The Hall–Kier alpha value is -3.75.